The molecule has 1 aromatic carbocycles. The summed E-state index contributed by atoms with van der Waals surface area (Å²) < 4.78 is 5.44. The minimum Gasteiger partial charge on any atom is -0.446 e. The molecule has 1 aliphatic rings. The van der Waals surface area contributed by atoms with Crippen LogP contribution < -0.4 is 5.32 Å². The van der Waals surface area contributed by atoms with Gasteiger partial charge in [-0.1, -0.05) is 19.1 Å². The number of nitrogens with zero attached hydrogens (tertiary/aromatic N) is 1. The van der Waals surface area contributed by atoms with Gasteiger partial charge in [-0.15, -0.1) is 0 Å². The number of anilines is 1. The van der Waals surface area contributed by atoms with Gasteiger partial charge in [-0.2, -0.15) is 0 Å². The van der Waals surface area contributed by atoms with E-state index in [0.717, 1.165) is 38.0 Å². The Hall–Kier alpha value is -1.55. The number of amides is 1. The van der Waals surface area contributed by atoms with Crippen LogP contribution in [0.25, 0.3) is 0 Å². The van der Waals surface area contributed by atoms with Gasteiger partial charge in [0.25, 0.3) is 0 Å². The Kier molecular flexibility index (Phi) is 4.80. The van der Waals surface area contributed by atoms with Crippen LogP contribution in [0.5, 0.6) is 0 Å². The third-order valence-corrected chi connectivity index (χ3v) is 3.52. The first-order chi connectivity index (χ1) is 9.17. The molecule has 1 N–H and O–H groups in total. The summed E-state index contributed by atoms with van der Waals surface area (Å²) in [6, 6.07) is 7.86. The van der Waals surface area contributed by atoms with Gasteiger partial charge in [-0.25, -0.2) is 4.79 Å². The van der Waals surface area contributed by atoms with Gasteiger partial charge in [0.05, 0.1) is 0 Å². The predicted molar refractivity (Wildman–Crippen MR) is 76.4 cm³/mol. The minimum atomic E-state index is -0.345. The van der Waals surface area contributed by atoms with Gasteiger partial charge in [0, 0.05) is 18.8 Å². The fourth-order valence-corrected chi connectivity index (χ4v) is 2.27. The van der Waals surface area contributed by atoms with Crippen molar-refractivity contribution in [2.24, 2.45) is 0 Å². The summed E-state index contributed by atoms with van der Waals surface area (Å²) >= 11 is 0. The van der Waals surface area contributed by atoms with Gasteiger partial charge in [0.2, 0.25) is 0 Å². The Balaban J connectivity index is 1.83. The van der Waals surface area contributed by atoms with E-state index in [2.05, 4.69) is 24.2 Å². The molecule has 1 amide bonds. The van der Waals surface area contributed by atoms with E-state index in [9.17, 15) is 4.79 Å². The Morgan fingerprint density at radius 3 is 2.84 bits per heavy atom. The Bertz CT molecular complexity index is 426. The van der Waals surface area contributed by atoms with Crippen molar-refractivity contribution in [3.8, 4) is 0 Å². The minimum absolute atomic E-state index is 0.0468. The quantitative estimate of drug-likeness (QED) is 0.910. The Morgan fingerprint density at radius 1 is 1.42 bits per heavy atom. The molecule has 1 aliphatic heterocycles. The average molecular weight is 262 g/mol. The second kappa shape index (κ2) is 6.57. The van der Waals surface area contributed by atoms with Crippen LogP contribution in [0.3, 0.4) is 0 Å². The van der Waals surface area contributed by atoms with Gasteiger partial charge in [0.1, 0.15) is 6.10 Å². The molecular weight excluding hydrogens is 240 g/mol. The maximum Gasteiger partial charge on any atom is 0.411 e. The topological polar surface area (TPSA) is 41.6 Å². The Labute approximate surface area is 114 Å². The van der Waals surface area contributed by atoms with Crippen LogP contribution in [-0.4, -0.2) is 37.2 Å². The third kappa shape index (κ3) is 4.24. The predicted octanol–water partition coefficient (Wildman–Crippen LogP) is 2.89. The van der Waals surface area contributed by atoms with E-state index in [4.69, 9.17) is 4.74 Å². The van der Waals surface area contributed by atoms with Crippen LogP contribution in [0.2, 0.25) is 0 Å². The molecule has 19 heavy (non-hydrogen) atoms. The fourth-order valence-electron chi connectivity index (χ4n) is 2.27. The molecule has 0 unspecified atom stereocenters. The van der Waals surface area contributed by atoms with Crippen molar-refractivity contribution < 1.29 is 9.53 Å². The summed E-state index contributed by atoms with van der Waals surface area (Å²) in [5, 5.41) is 2.80. The monoisotopic (exact) mass is 262 g/mol. The van der Waals surface area contributed by atoms with E-state index in [-0.39, 0.29) is 12.2 Å². The van der Waals surface area contributed by atoms with Gasteiger partial charge in [-0.3, -0.25) is 5.32 Å². The number of ether oxygens (including phenoxy) is 1. The van der Waals surface area contributed by atoms with Gasteiger partial charge in [0.15, 0.2) is 0 Å². The zero-order valence-electron chi connectivity index (χ0n) is 11.7. The first-order valence-electron chi connectivity index (χ1n) is 6.92. The molecular formula is C15H22N2O2. The molecule has 1 heterocycles. The summed E-state index contributed by atoms with van der Waals surface area (Å²) in [5.41, 5.74) is 2.01. The lowest BCUT2D eigenvalue weighted by Crippen LogP contribution is -2.36. The van der Waals surface area contributed by atoms with E-state index in [1.165, 1.54) is 5.56 Å². The van der Waals surface area contributed by atoms with E-state index in [0.29, 0.717) is 0 Å². The molecule has 0 aliphatic carbocycles. The lowest BCUT2D eigenvalue weighted by Gasteiger charge is -2.28. The highest BCUT2D eigenvalue weighted by molar-refractivity contribution is 5.84. The highest BCUT2D eigenvalue weighted by Gasteiger charge is 2.20. The largest absolute Gasteiger partial charge is 0.446 e. The SMILES string of the molecule is CCc1cccc(NC(=O)OC2CCN(C)CC2)c1. The normalized spacial score (nSPS) is 17.2. The summed E-state index contributed by atoms with van der Waals surface area (Å²) in [7, 11) is 2.09. The first kappa shape index (κ1) is 13.9. The van der Waals surface area contributed by atoms with Crippen LogP contribution in [0, 0.1) is 0 Å². The van der Waals surface area contributed by atoms with E-state index >= 15 is 0 Å². The number of likely N-dealkylation sites (tertiary alicyclic amines) is 1. The van der Waals surface area contributed by atoms with E-state index < -0.39 is 0 Å². The average Bonchev–Trinajstić information content (AvgIpc) is 2.41. The highest BCUT2D eigenvalue weighted by atomic mass is 16.6. The van der Waals surface area contributed by atoms with Crippen LogP contribution >= 0.6 is 0 Å². The summed E-state index contributed by atoms with van der Waals surface area (Å²) in [5.74, 6) is 0. The number of piperidine rings is 1. The zero-order chi connectivity index (χ0) is 13.7. The van der Waals surface area contributed by atoms with Gasteiger partial charge in [-0.05, 0) is 44.0 Å². The zero-order valence-corrected chi connectivity index (χ0v) is 11.7. The van der Waals surface area contributed by atoms with Gasteiger partial charge < -0.3 is 9.64 Å². The second-order valence-corrected chi connectivity index (χ2v) is 5.09. The number of benzene rings is 1. The lowest BCUT2D eigenvalue weighted by atomic mass is 10.1. The van der Waals surface area contributed by atoms with E-state index in [1.54, 1.807) is 0 Å². The van der Waals surface area contributed by atoms with Crippen molar-refractivity contribution in [2.75, 3.05) is 25.5 Å². The van der Waals surface area contributed by atoms with E-state index in [1.807, 2.05) is 24.3 Å². The number of rotatable bonds is 3. The molecule has 0 saturated carbocycles. The number of carbonyl (C=O) groups excluding carboxylic acids is 1. The molecule has 4 nitrogen and oxygen atoms in total. The van der Waals surface area contributed by atoms with Crippen molar-refractivity contribution in [3.63, 3.8) is 0 Å². The summed E-state index contributed by atoms with van der Waals surface area (Å²) in [6.07, 6.45) is 2.49. The van der Waals surface area contributed by atoms with Crippen molar-refractivity contribution in [1.82, 2.24) is 4.90 Å². The lowest BCUT2D eigenvalue weighted by molar-refractivity contribution is 0.0662. The van der Waals surface area contributed by atoms with Gasteiger partial charge >= 0.3 is 6.09 Å². The molecule has 104 valence electrons. The molecule has 0 aromatic heterocycles. The number of nitrogens with one attached hydrogen (secondary N) is 1. The second-order valence-electron chi connectivity index (χ2n) is 5.09. The van der Waals surface area contributed by atoms with Crippen molar-refractivity contribution >= 4 is 11.8 Å². The van der Waals surface area contributed by atoms with Crippen molar-refractivity contribution in [2.45, 2.75) is 32.3 Å². The molecule has 1 fully saturated rings. The summed E-state index contributed by atoms with van der Waals surface area (Å²) in [4.78, 5) is 14.1. The number of hydrogen-bond acceptors (Lipinski definition) is 3. The molecule has 1 aromatic rings. The first-order valence-corrected chi connectivity index (χ1v) is 6.92. The molecule has 0 spiro atoms. The van der Waals surface area contributed by atoms with Crippen LogP contribution in [0.4, 0.5) is 10.5 Å². The molecule has 2 rings (SSSR count). The Morgan fingerprint density at radius 2 is 2.16 bits per heavy atom. The number of aryl methyl sites for hydroxylation is 1. The summed E-state index contributed by atoms with van der Waals surface area (Å²) in [6.45, 7) is 4.07. The number of hydrogen-bond donors (Lipinski definition) is 1. The van der Waals surface area contributed by atoms with Crippen LogP contribution in [-0.2, 0) is 11.2 Å². The molecule has 1 saturated heterocycles. The maximum atomic E-state index is 11.8. The van der Waals surface area contributed by atoms with Crippen LogP contribution in [0.1, 0.15) is 25.3 Å². The fraction of sp³-hybridized carbons (Fsp3) is 0.533. The van der Waals surface area contributed by atoms with Crippen molar-refractivity contribution in [3.05, 3.63) is 29.8 Å². The standard InChI is InChI=1S/C15H22N2O2/c1-3-12-5-4-6-13(11-12)16-15(18)19-14-7-9-17(2)10-8-14/h4-6,11,14H,3,7-10H2,1-2H3,(H,16,18). The number of carbonyl (C=O) groups is 1. The van der Waals surface area contributed by atoms with Crippen LogP contribution in [0.15, 0.2) is 24.3 Å². The third-order valence-electron chi connectivity index (χ3n) is 3.52. The smallest absolute Gasteiger partial charge is 0.411 e. The molecule has 4 heteroatoms. The maximum absolute atomic E-state index is 11.8. The molecule has 0 bridgehead atoms. The van der Waals surface area contributed by atoms with Crippen molar-refractivity contribution in [1.29, 1.82) is 0 Å². The molecule has 0 atom stereocenters. The highest BCUT2D eigenvalue weighted by Crippen LogP contribution is 2.15. The molecule has 0 radical (unpaired) electrons.